The highest BCUT2D eigenvalue weighted by atomic mass is 16.2. The molecule has 1 atom stereocenters. The number of carbonyl (C=O) groups is 3. The largest absolute Gasteiger partial charge is 0.335 e. The number of rotatable bonds is 2. The quantitative estimate of drug-likeness (QED) is 0.666. The molecule has 0 radical (unpaired) electrons. The molecule has 2 aromatic rings. The minimum absolute atomic E-state index is 0.297. The Morgan fingerprint density at radius 2 is 1.45 bits per heavy atom. The van der Waals surface area contributed by atoms with E-state index in [1.165, 1.54) is 0 Å². The molecule has 1 aliphatic heterocycles. The van der Waals surface area contributed by atoms with Crippen LogP contribution in [0.1, 0.15) is 31.1 Å². The van der Waals surface area contributed by atoms with Gasteiger partial charge in [0.15, 0.2) is 17.6 Å². The second-order valence-electron chi connectivity index (χ2n) is 4.55. The first-order valence-electron chi connectivity index (χ1n) is 6.22. The molecule has 2 aromatic carbocycles. The zero-order valence-corrected chi connectivity index (χ0v) is 10.5. The molecule has 1 heterocycles. The monoisotopic (exact) mass is 265 g/mol. The molecule has 0 saturated heterocycles. The number of hydrogen-bond donors (Lipinski definition) is 1. The number of nitrogens with one attached hydrogen (secondary N) is 1. The Kier molecular flexibility index (Phi) is 2.91. The molecule has 0 bridgehead atoms. The maximum absolute atomic E-state index is 12.3. The Balaban J connectivity index is 2.00. The van der Waals surface area contributed by atoms with Gasteiger partial charge in [0.25, 0.3) is 5.91 Å². The molecule has 0 saturated carbocycles. The van der Waals surface area contributed by atoms with Gasteiger partial charge >= 0.3 is 0 Å². The zero-order chi connectivity index (χ0) is 14.1. The molecule has 4 nitrogen and oxygen atoms in total. The van der Waals surface area contributed by atoms with Crippen molar-refractivity contribution in [2.45, 2.75) is 6.04 Å². The molecular weight excluding hydrogens is 254 g/mol. The van der Waals surface area contributed by atoms with Crippen LogP contribution in [-0.2, 0) is 0 Å². The third-order valence-electron chi connectivity index (χ3n) is 3.30. The lowest BCUT2D eigenvalue weighted by Crippen LogP contribution is -2.50. The molecule has 0 aliphatic carbocycles. The smallest absolute Gasteiger partial charge is 0.252 e. The summed E-state index contributed by atoms with van der Waals surface area (Å²) in [5.74, 6) is -1.15. The van der Waals surface area contributed by atoms with Crippen LogP contribution in [0.15, 0.2) is 54.6 Å². The van der Waals surface area contributed by atoms with Crippen LogP contribution in [0.25, 0.3) is 0 Å². The van der Waals surface area contributed by atoms with Crippen LogP contribution < -0.4 is 5.32 Å². The van der Waals surface area contributed by atoms with Crippen molar-refractivity contribution in [3.63, 3.8) is 0 Å². The van der Waals surface area contributed by atoms with Crippen molar-refractivity contribution >= 4 is 17.5 Å². The van der Waals surface area contributed by atoms with Crippen molar-refractivity contribution in [3.8, 4) is 0 Å². The Labute approximate surface area is 115 Å². The summed E-state index contributed by atoms with van der Waals surface area (Å²) in [6.45, 7) is 0. The standard InChI is InChI=1S/C16H11NO3/c18-14(10-6-2-1-3-7-10)13-15(19)11-8-4-5-9-12(11)16(20)17-13/h1-9,13H,(H,17,20). The number of benzene rings is 2. The maximum Gasteiger partial charge on any atom is 0.252 e. The Bertz CT molecular complexity index is 707. The van der Waals surface area contributed by atoms with E-state index in [1.807, 2.05) is 0 Å². The van der Waals surface area contributed by atoms with Crippen LogP contribution in [0.4, 0.5) is 0 Å². The van der Waals surface area contributed by atoms with Crippen LogP contribution in [0.3, 0.4) is 0 Å². The first kappa shape index (κ1) is 12.3. The lowest BCUT2D eigenvalue weighted by molar-refractivity contribution is 0.0760. The van der Waals surface area contributed by atoms with Gasteiger partial charge < -0.3 is 5.32 Å². The van der Waals surface area contributed by atoms with Gasteiger partial charge in [-0.05, 0) is 6.07 Å². The molecular formula is C16H11NO3. The van der Waals surface area contributed by atoms with Gasteiger partial charge in [-0.3, -0.25) is 14.4 Å². The number of Topliss-reactive ketones (excluding diaryl/α,β-unsaturated/α-hetero) is 2. The second kappa shape index (κ2) is 4.74. The van der Waals surface area contributed by atoms with Crippen molar-refractivity contribution in [2.24, 2.45) is 0 Å². The maximum atomic E-state index is 12.3. The minimum Gasteiger partial charge on any atom is -0.335 e. The topological polar surface area (TPSA) is 63.2 Å². The van der Waals surface area contributed by atoms with E-state index in [0.29, 0.717) is 16.7 Å². The fourth-order valence-corrected chi connectivity index (χ4v) is 2.28. The summed E-state index contributed by atoms with van der Waals surface area (Å²) in [7, 11) is 0. The normalized spacial score (nSPS) is 17.3. The van der Waals surface area contributed by atoms with E-state index in [1.54, 1.807) is 54.6 Å². The van der Waals surface area contributed by atoms with Crippen LogP contribution in [-0.4, -0.2) is 23.5 Å². The van der Waals surface area contributed by atoms with Crippen LogP contribution in [0, 0.1) is 0 Å². The Morgan fingerprint density at radius 1 is 0.850 bits per heavy atom. The van der Waals surface area contributed by atoms with Gasteiger partial charge in [-0.25, -0.2) is 0 Å². The predicted molar refractivity (Wildman–Crippen MR) is 72.8 cm³/mol. The second-order valence-corrected chi connectivity index (χ2v) is 4.55. The summed E-state index contributed by atoms with van der Waals surface area (Å²) < 4.78 is 0. The number of hydrogen-bond acceptors (Lipinski definition) is 3. The molecule has 1 amide bonds. The van der Waals surface area contributed by atoms with Crippen LogP contribution in [0.2, 0.25) is 0 Å². The molecule has 20 heavy (non-hydrogen) atoms. The van der Waals surface area contributed by atoms with Crippen LogP contribution >= 0.6 is 0 Å². The van der Waals surface area contributed by atoms with E-state index in [9.17, 15) is 14.4 Å². The van der Waals surface area contributed by atoms with E-state index in [4.69, 9.17) is 0 Å². The number of amides is 1. The van der Waals surface area contributed by atoms with E-state index < -0.39 is 17.7 Å². The van der Waals surface area contributed by atoms with E-state index in [2.05, 4.69) is 5.32 Å². The summed E-state index contributed by atoms with van der Waals surface area (Å²) >= 11 is 0. The molecule has 3 rings (SSSR count). The third kappa shape index (κ3) is 1.91. The summed E-state index contributed by atoms with van der Waals surface area (Å²) in [6, 6.07) is 13.8. The van der Waals surface area contributed by atoms with Gasteiger partial charge in [-0.1, -0.05) is 48.5 Å². The Morgan fingerprint density at radius 3 is 2.15 bits per heavy atom. The molecule has 0 fully saturated rings. The van der Waals surface area contributed by atoms with E-state index in [0.717, 1.165) is 0 Å². The predicted octanol–water partition coefficient (Wildman–Crippen LogP) is 1.86. The summed E-state index contributed by atoms with van der Waals surface area (Å²) in [5, 5.41) is 2.48. The van der Waals surface area contributed by atoms with Crippen molar-refractivity contribution in [1.82, 2.24) is 5.32 Å². The van der Waals surface area contributed by atoms with Gasteiger partial charge in [0.2, 0.25) is 0 Å². The summed E-state index contributed by atoms with van der Waals surface area (Å²) in [4.78, 5) is 36.6. The lowest BCUT2D eigenvalue weighted by Gasteiger charge is -2.23. The SMILES string of the molecule is O=C1NC(C(=O)c2ccccc2)C(=O)c2ccccc21. The van der Waals surface area contributed by atoms with Gasteiger partial charge in [0, 0.05) is 11.1 Å². The van der Waals surface area contributed by atoms with Gasteiger partial charge in [0.1, 0.15) is 0 Å². The van der Waals surface area contributed by atoms with Gasteiger partial charge in [0.05, 0.1) is 5.56 Å². The van der Waals surface area contributed by atoms with Crippen molar-refractivity contribution < 1.29 is 14.4 Å². The fraction of sp³-hybridized carbons (Fsp3) is 0.0625. The average Bonchev–Trinajstić information content (AvgIpc) is 2.51. The van der Waals surface area contributed by atoms with Gasteiger partial charge in [-0.15, -0.1) is 0 Å². The lowest BCUT2D eigenvalue weighted by atomic mass is 9.90. The van der Waals surface area contributed by atoms with Crippen molar-refractivity contribution in [1.29, 1.82) is 0 Å². The Hall–Kier alpha value is -2.75. The molecule has 0 aromatic heterocycles. The number of carbonyl (C=O) groups excluding carboxylic acids is 3. The van der Waals surface area contributed by atoms with Crippen LogP contribution in [0.5, 0.6) is 0 Å². The highest BCUT2D eigenvalue weighted by molar-refractivity contribution is 6.26. The first-order chi connectivity index (χ1) is 9.68. The average molecular weight is 265 g/mol. The molecule has 4 heteroatoms. The zero-order valence-electron chi connectivity index (χ0n) is 10.5. The van der Waals surface area contributed by atoms with Crippen molar-refractivity contribution in [3.05, 3.63) is 71.3 Å². The summed E-state index contributed by atoms with van der Waals surface area (Å²) in [5.41, 5.74) is 1.02. The number of ketones is 2. The minimum atomic E-state index is -1.14. The first-order valence-corrected chi connectivity index (χ1v) is 6.22. The highest BCUT2D eigenvalue weighted by Gasteiger charge is 2.36. The fourth-order valence-electron chi connectivity index (χ4n) is 2.28. The summed E-state index contributed by atoms with van der Waals surface area (Å²) in [6.07, 6.45) is 0. The molecule has 1 N–H and O–H groups in total. The highest BCUT2D eigenvalue weighted by Crippen LogP contribution is 2.18. The molecule has 1 aliphatic rings. The van der Waals surface area contributed by atoms with Crippen molar-refractivity contribution in [2.75, 3.05) is 0 Å². The van der Waals surface area contributed by atoms with Gasteiger partial charge in [-0.2, -0.15) is 0 Å². The van der Waals surface area contributed by atoms with E-state index >= 15 is 0 Å². The third-order valence-corrected chi connectivity index (χ3v) is 3.30. The molecule has 98 valence electrons. The number of fused-ring (bicyclic) bond motifs is 1. The molecule has 0 spiro atoms. The molecule has 1 unspecified atom stereocenters. The van der Waals surface area contributed by atoms with E-state index in [-0.39, 0.29) is 5.78 Å².